The highest BCUT2D eigenvalue weighted by atomic mass is 19.4. The lowest BCUT2D eigenvalue weighted by Gasteiger charge is -2.24. The zero-order valence-electron chi connectivity index (χ0n) is 15.7. The van der Waals surface area contributed by atoms with E-state index in [2.05, 4.69) is 9.72 Å². The van der Waals surface area contributed by atoms with Crippen LogP contribution >= 0.6 is 0 Å². The number of aromatic carboxylic acids is 1. The molecule has 0 bridgehead atoms. The van der Waals surface area contributed by atoms with Gasteiger partial charge >= 0.3 is 12.3 Å². The molecule has 29 heavy (non-hydrogen) atoms. The molecule has 1 N–H and O–H groups in total. The Labute approximate surface area is 165 Å². The highest BCUT2D eigenvalue weighted by Crippen LogP contribution is 2.31. The molecule has 2 aromatic carbocycles. The molecular weight excluding hydrogens is 385 g/mol. The third kappa shape index (κ3) is 4.77. The SMILES string of the molecule is CC(C)C(c1ccc(-c2ccc(OC(F)(F)F)cc2)cc1)n1cncc1C(=O)O. The Morgan fingerprint density at radius 1 is 1.03 bits per heavy atom. The minimum absolute atomic E-state index is 0.104. The van der Waals surface area contributed by atoms with Gasteiger partial charge in [0.25, 0.3) is 0 Å². The van der Waals surface area contributed by atoms with Gasteiger partial charge in [-0.15, -0.1) is 13.2 Å². The summed E-state index contributed by atoms with van der Waals surface area (Å²) in [5, 5.41) is 9.38. The maximum Gasteiger partial charge on any atom is 0.573 e. The van der Waals surface area contributed by atoms with E-state index in [1.54, 1.807) is 16.7 Å². The number of nitrogens with zero attached hydrogens (tertiary/aromatic N) is 2. The Kier molecular flexibility index (Phi) is 5.63. The number of halogens is 3. The number of ether oxygens (including phenoxy) is 1. The average molecular weight is 404 g/mol. The molecule has 3 aromatic rings. The van der Waals surface area contributed by atoms with Gasteiger partial charge in [0.2, 0.25) is 0 Å². The molecule has 152 valence electrons. The van der Waals surface area contributed by atoms with E-state index in [1.165, 1.54) is 24.7 Å². The van der Waals surface area contributed by atoms with Crippen molar-refractivity contribution in [3.63, 3.8) is 0 Å². The summed E-state index contributed by atoms with van der Waals surface area (Å²) in [6.45, 7) is 3.98. The average Bonchev–Trinajstić information content (AvgIpc) is 3.11. The first kappa shape index (κ1) is 20.4. The summed E-state index contributed by atoms with van der Waals surface area (Å²) in [5.74, 6) is -1.23. The first-order chi connectivity index (χ1) is 13.7. The zero-order valence-corrected chi connectivity index (χ0v) is 15.7. The number of hydrogen-bond acceptors (Lipinski definition) is 3. The van der Waals surface area contributed by atoms with Gasteiger partial charge in [0.1, 0.15) is 11.4 Å². The molecule has 0 radical (unpaired) electrons. The molecule has 1 atom stereocenters. The fourth-order valence-corrected chi connectivity index (χ4v) is 3.28. The molecule has 1 heterocycles. The van der Waals surface area contributed by atoms with Crippen molar-refractivity contribution in [1.29, 1.82) is 0 Å². The fraction of sp³-hybridized carbons (Fsp3) is 0.238. The van der Waals surface area contributed by atoms with Gasteiger partial charge < -0.3 is 14.4 Å². The van der Waals surface area contributed by atoms with Gasteiger partial charge in [-0.05, 0) is 34.7 Å². The van der Waals surface area contributed by atoms with Crippen LogP contribution in [0.3, 0.4) is 0 Å². The Bertz CT molecular complexity index is 978. The van der Waals surface area contributed by atoms with E-state index in [9.17, 15) is 23.1 Å². The molecule has 5 nitrogen and oxygen atoms in total. The molecule has 8 heteroatoms. The second-order valence-electron chi connectivity index (χ2n) is 6.87. The van der Waals surface area contributed by atoms with E-state index in [-0.39, 0.29) is 23.4 Å². The van der Waals surface area contributed by atoms with Crippen LogP contribution in [-0.4, -0.2) is 27.0 Å². The van der Waals surface area contributed by atoms with Crippen molar-refractivity contribution in [2.45, 2.75) is 26.3 Å². The number of carboxylic acid groups (broad SMARTS) is 1. The second-order valence-corrected chi connectivity index (χ2v) is 6.87. The minimum atomic E-state index is -4.73. The maximum absolute atomic E-state index is 12.3. The van der Waals surface area contributed by atoms with E-state index in [0.717, 1.165) is 16.7 Å². The number of alkyl halides is 3. The van der Waals surface area contributed by atoms with Crippen molar-refractivity contribution in [2.24, 2.45) is 5.92 Å². The summed E-state index contributed by atoms with van der Waals surface area (Å²) in [6, 6.07) is 12.9. The molecule has 0 aliphatic heterocycles. The fourth-order valence-electron chi connectivity index (χ4n) is 3.28. The van der Waals surface area contributed by atoms with Crippen molar-refractivity contribution in [1.82, 2.24) is 9.55 Å². The molecule has 0 spiro atoms. The van der Waals surface area contributed by atoms with Crippen LogP contribution in [0.5, 0.6) is 5.75 Å². The van der Waals surface area contributed by atoms with Gasteiger partial charge in [0.05, 0.1) is 18.6 Å². The highest BCUT2D eigenvalue weighted by molar-refractivity contribution is 5.85. The molecular formula is C21H19F3N2O3. The number of hydrogen-bond donors (Lipinski definition) is 1. The van der Waals surface area contributed by atoms with Crippen LogP contribution in [0.1, 0.15) is 35.9 Å². The van der Waals surface area contributed by atoms with Gasteiger partial charge in [0, 0.05) is 0 Å². The zero-order chi connectivity index (χ0) is 21.2. The number of benzene rings is 2. The molecule has 1 unspecified atom stereocenters. The van der Waals surface area contributed by atoms with E-state index < -0.39 is 12.3 Å². The lowest BCUT2D eigenvalue weighted by molar-refractivity contribution is -0.274. The Morgan fingerprint density at radius 3 is 2.07 bits per heavy atom. The monoisotopic (exact) mass is 404 g/mol. The van der Waals surface area contributed by atoms with Crippen LogP contribution in [-0.2, 0) is 0 Å². The normalized spacial score (nSPS) is 12.8. The molecule has 0 aliphatic carbocycles. The summed E-state index contributed by atoms with van der Waals surface area (Å²) in [7, 11) is 0. The van der Waals surface area contributed by atoms with Crippen molar-refractivity contribution < 1.29 is 27.8 Å². The Hall–Kier alpha value is -3.29. The quantitative estimate of drug-likeness (QED) is 0.598. The van der Waals surface area contributed by atoms with Crippen molar-refractivity contribution in [2.75, 3.05) is 0 Å². The molecule has 0 amide bonds. The van der Waals surface area contributed by atoms with E-state index in [0.29, 0.717) is 0 Å². The van der Waals surface area contributed by atoms with Crippen molar-refractivity contribution in [3.05, 3.63) is 72.3 Å². The summed E-state index contributed by atoms with van der Waals surface area (Å²) in [5.41, 5.74) is 2.56. The van der Waals surface area contributed by atoms with Crippen molar-refractivity contribution >= 4 is 5.97 Å². The topological polar surface area (TPSA) is 64.4 Å². The van der Waals surface area contributed by atoms with E-state index >= 15 is 0 Å². The molecule has 1 aromatic heterocycles. The third-order valence-electron chi connectivity index (χ3n) is 4.49. The lowest BCUT2D eigenvalue weighted by Crippen LogP contribution is -2.20. The van der Waals surface area contributed by atoms with E-state index in [4.69, 9.17) is 0 Å². The predicted octanol–water partition coefficient (Wildman–Crippen LogP) is 5.39. The molecule has 0 aliphatic rings. The van der Waals surface area contributed by atoms with Crippen LogP contribution in [0.25, 0.3) is 11.1 Å². The first-order valence-electron chi connectivity index (χ1n) is 8.87. The summed E-state index contributed by atoms with van der Waals surface area (Å²) in [6.07, 6.45) is -1.91. The van der Waals surface area contributed by atoms with Crippen LogP contribution in [0.15, 0.2) is 61.1 Å². The summed E-state index contributed by atoms with van der Waals surface area (Å²) in [4.78, 5) is 15.4. The number of carboxylic acids is 1. The van der Waals surface area contributed by atoms with Gasteiger partial charge in [-0.2, -0.15) is 0 Å². The number of imidazole rings is 1. The molecule has 3 rings (SSSR count). The van der Waals surface area contributed by atoms with Crippen LogP contribution in [0.4, 0.5) is 13.2 Å². The van der Waals surface area contributed by atoms with Crippen LogP contribution < -0.4 is 4.74 Å². The standard InChI is InChI=1S/C21H19F3N2O3/c1-13(2)19(26-12-25-11-18(26)20(27)28)16-5-3-14(4-6-16)15-7-9-17(10-8-15)29-21(22,23)24/h3-13,19H,1-2H3,(H,27,28). The van der Waals surface area contributed by atoms with Crippen LogP contribution in [0, 0.1) is 5.92 Å². The largest absolute Gasteiger partial charge is 0.573 e. The summed E-state index contributed by atoms with van der Waals surface area (Å²) < 4.78 is 42.4. The maximum atomic E-state index is 12.3. The summed E-state index contributed by atoms with van der Waals surface area (Å²) >= 11 is 0. The third-order valence-corrected chi connectivity index (χ3v) is 4.49. The number of carbonyl (C=O) groups is 1. The Balaban J connectivity index is 1.86. The molecule has 0 saturated heterocycles. The first-order valence-corrected chi connectivity index (χ1v) is 8.87. The smallest absolute Gasteiger partial charge is 0.477 e. The number of rotatable bonds is 6. The van der Waals surface area contributed by atoms with Gasteiger partial charge in [-0.25, -0.2) is 9.78 Å². The highest BCUT2D eigenvalue weighted by Gasteiger charge is 2.31. The second kappa shape index (κ2) is 7.98. The molecule has 0 fully saturated rings. The molecule has 0 saturated carbocycles. The predicted molar refractivity (Wildman–Crippen MR) is 101 cm³/mol. The van der Waals surface area contributed by atoms with Gasteiger partial charge in [0.15, 0.2) is 0 Å². The van der Waals surface area contributed by atoms with Crippen LogP contribution in [0.2, 0.25) is 0 Å². The number of aromatic nitrogens is 2. The van der Waals surface area contributed by atoms with Gasteiger partial charge in [-0.3, -0.25) is 0 Å². The van der Waals surface area contributed by atoms with Gasteiger partial charge in [-0.1, -0.05) is 50.2 Å². The van der Waals surface area contributed by atoms with Crippen molar-refractivity contribution in [3.8, 4) is 16.9 Å². The Morgan fingerprint density at radius 2 is 1.59 bits per heavy atom. The van der Waals surface area contributed by atoms with E-state index in [1.807, 2.05) is 38.1 Å². The minimum Gasteiger partial charge on any atom is -0.477 e. The lowest BCUT2D eigenvalue weighted by atomic mass is 9.93.